The molecule has 1 aliphatic heterocycles. The fourth-order valence-corrected chi connectivity index (χ4v) is 2.47. The number of hydrogen-bond acceptors (Lipinski definition) is 4. The Kier molecular flexibility index (Phi) is 4.80. The van der Waals surface area contributed by atoms with E-state index in [4.69, 9.17) is 5.11 Å². The van der Waals surface area contributed by atoms with Crippen molar-refractivity contribution in [3.63, 3.8) is 0 Å². The van der Waals surface area contributed by atoms with Crippen molar-refractivity contribution in [3.8, 4) is 5.75 Å². The molecule has 1 saturated heterocycles. The lowest BCUT2D eigenvalue weighted by Crippen LogP contribution is -2.53. The lowest BCUT2D eigenvalue weighted by molar-refractivity contribution is -0.144. The molecule has 1 unspecified atom stereocenters. The lowest BCUT2D eigenvalue weighted by Gasteiger charge is -2.36. The molecule has 6 heteroatoms. The van der Waals surface area contributed by atoms with Crippen LogP contribution in [0.4, 0.5) is 0 Å². The molecule has 1 atom stereocenters. The third-order valence-corrected chi connectivity index (χ3v) is 3.84. The molecule has 0 saturated carbocycles. The molecular weight excluding hydrogens is 272 g/mol. The van der Waals surface area contributed by atoms with E-state index >= 15 is 0 Å². The molecule has 6 nitrogen and oxygen atoms in total. The van der Waals surface area contributed by atoms with Crippen molar-refractivity contribution in [2.24, 2.45) is 0 Å². The number of hydrogen-bond donors (Lipinski definition) is 2. The Hall–Kier alpha value is -2.08. The predicted octanol–water partition coefficient (Wildman–Crippen LogP) is 0.552. The molecule has 1 aliphatic rings. The summed E-state index contributed by atoms with van der Waals surface area (Å²) in [6.45, 7) is 3.87. The standard InChI is InChI=1S/C15H20N2O4/c1-11(15(20)21)16-5-7-17(8-6-16)14(19)10-12-3-2-4-13(18)9-12/h2-4,9,11,18H,5-8,10H2,1H3,(H,20,21). The predicted molar refractivity (Wildman–Crippen MR) is 77.1 cm³/mol. The van der Waals surface area contributed by atoms with Crippen molar-refractivity contribution in [1.29, 1.82) is 0 Å². The smallest absolute Gasteiger partial charge is 0.320 e. The molecule has 0 spiro atoms. The maximum absolute atomic E-state index is 12.2. The van der Waals surface area contributed by atoms with Crippen molar-refractivity contribution >= 4 is 11.9 Å². The summed E-state index contributed by atoms with van der Waals surface area (Å²) >= 11 is 0. The first-order valence-corrected chi connectivity index (χ1v) is 7.00. The van der Waals surface area contributed by atoms with E-state index in [1.165, 1.54) is 0 Å². The van der Waals surface area contributed by atoms with Crippen LogP contribution < -0.4 is 0 Å². The molecule has 0 aliphatic carbocycles. The minimum Gasteiger partial charge on any atom is -0.508 e. The van der Waals surface area contributed by atoms with Gasteiger partial charge in [-0.2, -0.15) is 0 Å². The molecule has 0 bridgehead atoms. The van der Waals surface area contributed by atoms with Gasteiger partial charge in [0.15, 0.2) is 0 Å². The second-order valence-corrected chi connectivity index (χ2v) is 5.28. The highest BCUT2D eigenvalue weighted by molar-refractivity contribution is 5.79. The van der Waals surface area contributed by atoms with Crippen LogP contribution in [-0.4, -0.2) is 64.1 Å². The van der Waals surface area contributed by atoms with Gasteiger partial charge in [0, 0.05) is 26.2 Å². The van der Waals surface area contributed by atoms with Crippen LogP contribution in [0.5, 0.6) is 5.75 Å². The van der Waals surface area contributed by atoms with Crippen LogP contribution in [0, 0.1) is 0 Å². The quantitative estimate of drug-likeness (QED) is 0.847. The molecule has 1 amide bonds. The Labute approximate surface area is 123 Å². The number of carboxylic acid groups (broad SMARTS) is 1. The first-order valence-electron chi connectivity index (χ1n) is 7.00. The van der Waals surface area contributed by atoms with Gasteiger partial charge in [-0.05, 0) is 24.6 Å². The normalized spacial score (nSPS) is 17.5. The minimum atomic E-state index is -0.838. The molecule has 1 aromatic rings. The van der Waals surface area contributed by atoms with Gasteiger partial charge in [0.2, 0.25) is 5.91 Å². The van der Waals surface area contributed by atoms with Gasteiger partial charge in [0.1, 0.15) is 11.8 Å². The number of benzene rings is 1. The van der Waals surface area contributed by atoms with Crippen LogP contribution in [0.3, 0.4) is 0 Å². The van der Waals surface area contributed by atoms with Crippen LogP contribution in [0.1, 0.15) is 12.5 Å². The van der Waals surface area contributed by atoms with Crippen molar-refractivity contribution in [2.75, 3.05) is 26.2 Å². The number of carbonyl (C=O) groups is 2. The second-order valence-electron chi connectivity index (χ2n) is 5.28. The number of nitrogens with zero attached hydrogens (tertiary/aromatic N) is 2. The summed E-state index contributed by atoms with van der Waals surface area (Å²) in [5.74, 6) is -0.682. The number of rotatable bonds is 4. The van der Waals surface area contributed by atoms with Crippen LogP contribution in [-0.2, 0) is 16.0 Å². The summed E-state index contributed by atoms with van der Waals surface area (Å²) in [5.41, 5.74) is 0.779. The van der Waals surface area contributed by atoms with Crippen LogP contribution in [0.25, 0.3) is 0 Å². The fraction of sp³-hybridized carbons (Fsp3) is 0.467. The molecular formula is C15H20N2O4. The van der Waals surface area contributed by atoms with E-state index in [0.717, 1.165) is 5.56 Å². The maximum Gasteiger partial charge on any atom is 0.320 e. The van der Waals surface area contributed by atoms with Gasteiger partial charge < -0.3 is 15.1 Å². The maximum atomic E-state index is 12.2. The Morgan fingerprint density at radius 2 is 1.90 bits per heavy atom. The van der Waals surface area contributed by atoms with Gasteiger partial charge in [0.05, 0.1) is 6.42 Å². The first-order chi connectivity index (χ1) is 9.97. The van der Waals surface area contributed by atoms with E-state index in [0.29, 0.717) is 26.2 Å². The highest BCUT2D eigenvalue weighted by Crippen LogP contribution is 2.13. The summed E-state index contributed by atoms with van der Waals surface area (Å²) < 4.78 is 0. The first kappa shape index (κ1) is 15.3. The highest BCUT2D eigenvalue weighted by atomic mass is 16.4. The zero-order valence-corrected chi connectivity index (χ0v) is 12.0. The zero-order valence-electron chi connectivity index (χ0n) is 12.0. The Balaban J connectivity index is 1.87. The van der Waals surface area contributed by atoms with E-state index in [1.54, 1.807) is 36.1 Å². The van der Waals surface area contributed by atoms with Crippen LogP contribution >= 0.6 is 0 Å². The number of piperazine rings is 1. The summed E-state index contributed by atoms with van der Waals surface area (Å²) in [5, 5.41) is 18.4. The van der Waals surface area contributed by atoms with E-state index in [1.807, 2.05) is 4.90 Å². The van der Waals surface area contributed by atoms with Gasteiger partial charge >= 0.3 is 5.97 Å². The lowest BCUT2D eigenvalue weighted by atomic mass is 10.1. The van der Waals surface area contributed by atoms with Gasteiger partial charge in [-0.25, -0.2) is 0 Å². The molecule has 2 N–H and O–H groups in total. The summed E-state index contributed by atoms with van der Waals surface area (Å²) in [6.07, 6.45) is 0.253. The molecule has 0 radical (unpaired) electrons. The largest absolute Gasteiger partial charge is 0.508 e. The average Bonchev–Trinajstić information content (AvgIpc) is 2.46. The highest BCUT2D eigenvalue weighted by Gasteiger charge is 2.27. The number of phenols is 1. The van der Waals surface area contributed by atoms with Gasteiger partial charge in [0.25, 0.3) is 0 Å². The monoisotopic (exact) mass is 292 g/mol. The molecule has 21 heavy (non-hydrogen) atoms. The van der Waals surface area contributed by atoms with Gasteiger partial charge in [-0.3, -0.25) is 14.5 Å². The van der Waals surface area contributed by atoms with Crippen molar-refractivity contribution in [1.82, 2.24) is 9.80 Å². The topological polar surface area (TPSA) is 81.1 Å². The SMILES string of the molecule is CC(C(=O)O)N1CCN(C(=O)Cc2cccc(O)c2)CC1. The third kappa shape index (κ3) is 3.95. The zero-order chi connectivity index (χ0) is 15.4. The molecule has 2 rings (SSSR count). The van der Waals surface area contributed by atoms with E-state index in [2.05, 4.69) is 0 Å². The van der Waals surface area contributed by atoms with E-state index in [9.17, 15) is 14.7 Å². The second kappa shape index (κ2) is 6.58. The Morgan fingerprint density at radius 1 is 1.24 bits per heavy atom. The minimum absolute atomic E-state index is 0.00299. The number of phenolic OH excluding ortho intramolecular Hbond substituents is 1. The molecule has 114 valence electrons. The molecule has 0 aromatic heterocycles. The van der Waals surface area contributed by atoms with Gasteiger partial charge in [-0.1, -0.05) is 12.1 Å². The van der Waals surface area contributed by atoms with E-state index < -0.39 is 12.0 Å². The number of carboxylic acids is 1. The van der Waals surface area contributed by atoms with Gasteiger partial charge in [-0.15, -0.1) is 0 Å². The summed E-state index contributed by atoms with van der Waals surface area (Å²) in [4.78, 5) is 26.7. The Morgan fingerprint density at radius 3 is 2.48 bits per heavy atom. The van der Waals surface area contributed by atoms with E-state index in [-0.39, 0.29) is 18.1 Å². The van der Waals surface area contributed by atoms with Crippen molar-refractivity contribution < 1.29 is 19.8 Å². The molecule has 1 fully saturated rings. The fourth-order valence-electron chi connectivity index (χ4n) is 2.47. The molecule has 1 aromatic carbocycles. The van der Waals surface area contributed by atoms with Crippen LogP contribution in [0.15, 0.2) is 24.3 Å². The van der Waals surface area contributed by atoms with Crippen molar-refractivity contribution in [3.05, 3.63) is 29.8 Å². The average molecular weight is 292 g/mol. The number of amides is 1. The van der Waals surface area contributed by atoms with Crippen molar-refractivity contribution in [2.45, 2.75) is 19.4 Å². The molecule has 1 heterocycles. The Bertz CT molecular complexity index is 524. The number of carbonyl (C=O) groups excluding carboxylic acids is 1. The van der Waals surface area contributed by atoms with Crippen LogP contribution in [0.2, 0.25) is 0 Å². The number of aliphatic carboxylic acids is 1. The number of aromatic hydroxyl groups is 1. The summed E-state index contributed by atoms with van der Waals surface area (Å²) in [7, 11) is 0. The third-order valence-electron chi connectivity index (χ3n) is 3.84. The summed E-state index contributed by atoms with van der Waals surface area (Å²) in [6, 6.07) is 6.15.